The first kappa shape index (κ1) is 11.6. The Balaban J connectivity index is 2.52. The number of anilines is 1. The van der Waals surface area contributed by atoms with Crippen molar-refractivity contribution in [3.63, 3.8) is 0 Å². The minimum absolute atomic E-state index is 0.245. The average Bonchev–Trinajstić information content (AvgIpc) is 2.18. The molecule has 2 nitrogen and oxygen atoms in total. The number of para-hydroxylation sites is 1. The SMILES string of the molecule is FCCNC(=S)Nc1ccccc1I. The number of halogens is 2. The topological polar surface area (TPSA) is 24.1 Å². The zero-order valence-corrected chi connectivity index (χ0v) is 10.4. The summed E-state index contributed by atoms with van der Waals surface area (Å²) in [5.74, 6) is 0. The van der Waals surface area contributed by atoms with E-state index in [1.807, 2.05) is 24.3 Å². The van der Waals surface area contributed by atoms with Crippen molar-refractivity contribution in [2.75, 3.05) is 18.5 Å². The molecule has 0 saturated carbocycles. The normalized spacial score (nSPS) is 9.57. The van der Waals surface area contributed by atoms with Crippen LogP contribution in [-0.2, 0) is 0 Å². The lowest BCUT2D eigenvalue weighted by Crippen LogP contribution is -2.30. The maximum atomic E-state index is 11.8. The Labute approximate surface area is 101 Å². The minimum Gasteiger partial charge on any atom is -0.360 e. The van der Waals surface area contributed by atoms with Gasteiger partial charge in [0, 0.05) is 10.1 Å². The Morgan fingerprint density at radius 2 is 2.14 bits per heavy atom. The van der Waals surface area contributed by atoms with E-state index in [1.165, 1.54) is 0 Å². The highest BCUT2D eigenvalue weighted by Gasteiger charge is 1.99. The van der Waals surface area contributed by atoms with E-state index in [0.717, 1.165) is 9.26 Å². The molecule has 76 valence electrons. The van der Waals surface area contributed by atoms with Crippen LogP contribution in [0.15, 0.2) is 24.3 Å². The number of nitrogens with one attached hydrogen (secondary N) is 2. The molecule has 0 unspecified atom stereocenters. The largest absolute Gasteiger partial charge is 0.360 e. The van der Waals surface area contributed by atoms with E-state index < -0.39 is 6.67 Å². The third kappa shape index (κ3) is 3.75. The first-order valence-electron chi connectivity index (χ1n) is 4.09. The minimum atomic E-state index is -0.423. The second kappa shape index (κ2) is 6.13. The molecule has 1 aromatic carbocycles. The average molecular weight is 324 g/mol. The van der Waals surface area contributed by atoms with Crippen molar-refractivity contribution in [2.45, 2.75) is 0 Å². The van der Waals surface area contributed by atoms with Crippen LogP contribution < -0.4 is 10.6 Å². The highest BCUT2D eigenvalue weighted by atomic mass is 127. The quantitative estimate of drug-likeness (QED) is 0.660. The van der Waals surface area contributed by atoms with Crippen LogP contribution in [0.25, 0.3) is 0 Å². The van der Waals surface area contributed by atoms with Gasteiger partial charge in [0.2, 0.25) is 0 Å². The summed E-state index contributed by atoms with van der Waals surface area (Å²) in [6.45, 7) is -0.178. The Morgan fingerprint density at radius 1 is 1.43 bits per heavy atom. The van der Waals surface area contributed by atoms with Gasteiger partial charge in [0.05, 0.1) is 5.69 Å². The number of benzene rings is 1. The summed E-state index contributed by atoms with van der Waals surface area (Å²) in [4.78, 5) is 0. The van der Waals surface area contributed by atoms with Crippen LogP contribution in [0.1, 0.15) is 0 Å². The van der Waals surface area contributed by atoms with Crippen molar-refractivity contribution in [1.29, 1.82) is 0 Å². The maximum absolute atomic E-state index is 11.8. The molecule has 14 heavy (non-hydrogen) atoms. The molecule has 0 aliphatic heterocycles. The smallest absolute Gasteiger partial charge is 0.170 e. The summed E-state index contributed by atoms with van der Waals surface area (Å²) in [5, 5.41) is 6.19. The molecule has 1 rings (SSSR count). The zero-order valence-electron chi connectivity index (χ0n) is 7.39. The molecule has 5 heteroatoms. The Kier molecular flexibility index (Phi) is 5.10. The predicted molar refractivity (Wildman–Crippen MR) is 69.4 cm³/mol. The monoisotopic (exact) mass is 324 g/mol. The molecule has 0 radical (unpaired) electrons. The lowest BCUT2D eigenvalue weighted by atomic mass is 10.3. The van der Waals surface area contributed by atoms with Crippen molar-refractivity contribution >= 4 is 45.6 Å². The lowest BCUT2D eigenvalue weighted by Gasteiger charge is -2.10. The van der Waals surface area contributed by atoms with Crippen LogP contribution in [0.4, 0.5) is 10.1 Å². The third-order valence-corrected chi connectivity index (χ3v) is 2.69. The number of rotatable bonds is 3. The van der Waals surface area contributed by atoms with Crippen LogP contribution >= 0.6 is 34.8 Å². The van der Waals surface area contributed by atoms with Crippen molar-refractivity contribution in [3.8, 4) is 0 Å². The van der Waals surface area contributed by atoms with Gasteiger partial charge in [-0.05, 0) is 46.9 Å². The van der Waals surface area contributed by atoms with E-state index in [0.29, 0.717) is 5.11 Å². The Hall–Kier alpha value is -0.430. The number of alkyl halides is 1. The second-order valence-corrected chi connectivity index (χ2v) is 4.12. The molecular weight excluding hydrogens is 314 g/mol. The molecular formula is C9H10FIN2S. The summed E-state index contributed by atoms with van der Waals surface area (Å²) in [6.07, 6.45) is 0. The van der Waals surface area contributed by atoms with Gasteiger partial charge in [-0.1, -0.05) is 12.1 Å². The number of thiocarbonyl (C=S) groups is 1. The molecule has 1 aromatic rings. The standard InChI is InChI=1S/C9H10FIN2S/c10-5-6-12-9(14)13-8-4-2-1-3-7(8)11/h1-4H,5-6H2,(H2,12,13,14). The molecule has 0 bridgehead atoms. The van der Waals surface area contributed by atoms with E-state index in [2.05, 4.69) is 33.2 Å². The highest BCUT2D eigenvalue weighted by molar-refractivity contribution is 14.1. The van der Waals surface area contributed by atoms with Gasteiger partial charge in [-0.25, -0.2) is 4.39 Å². The lowest BCUT2D eigenvalue weighted by molar-refractivity contribution is 0.492. The summed E-state index contributed by atoms with van der Waals surface area (Å²) in [6, 6.07) is 7.76. The highest BCUT2D eigenvalue weighted by Crippen LogP contribution is 2.16. The van der Waals surface area contributed by atoms with Crippen LogP contribution in [0.2, 0.25) is 0 Å². The van der Waals surface area contributed by atoms with E-state index in [4.69, 9.17) is 12.2 Å². The van der Waals surface area contributed by atoms with E-state index in [9.17, 15) is 4.39 Å². The fourth-order valence-electron chi connectivity index (χ4n) is 0.890. The molecule has 0 aliphatic rings. The summed E-state index contributed by atoms with van der Waals surface area (Å²) >= 11 is 7.18. The van der Waals surface area contributed by atoms with Crippen LogP contribution in [0.5, 0.6) is 0 Å². The first-order valence-corrected chi connectivity index (χ1v) is 5.58. The molecule has 0 amide bonds. The van der Waals surface area contributed by atoms with Crippen molar-refractivity contribution in [1.82, 2.24) is 5.32 Å². The van der Waals surface area contributed by atoms with Crippen LogP contribution in [0.3, 0.4) is 0 Å². The molecule has 0 atom stereocenters. The molecule has 0 aromatic heterocycles. The van der Waals surface area contributed by atoms with Crippen molar-refractivity contribution in [2.24, 2.45) is 0 Å². The van der Waals surface area contributed by atoms with Gasteiger partial charge in [0.15, 0.2) is 5.11 Å². The molecule has 0 spiro atoms. The van der Waals surface area contributed by atoms with E-state index >= 15 is 0 Å². The fourth-order valence-corrected chi connectivity index (χ4v) is 1.62. The first-order chi connectivity index (χ1) is 6.74. The predicted octanol–water partition coefficient (Wildman–Crippen LogP) is 2.55. The Bertz CT molecular complexity index is 319. The van der Waals surface area contributed by atoms with Gasteiger partial charge in [-0.15, -0.1) is 0 Å². The zero-order chi connectivity index (χ0) is 10.4. The third-order valence-electron chi connectivity index (χ3n) is 1.50. The summed E-state index contributed by atoms with van der Waals surface area (Å²) in [7, 11) is 0. The van der Waals surface area contributed by atoms with Crippen LogP contribution in [0, 0.1) is 3.57 Å². The number of hydrogen-bond donors (Lipinski definition) is 2. The molecule has 0 heterocycles. The van der Waals surface area contributed by atoms with Gasteiger partial charge in [0.25, 0.3) is 0 Å². The van der Waals surface area contributed by atoms with Crippen LogP contribution in [-0.4, -0.2) is 18.3 Å². The second-order valence-electron chi connectivity index (χ2n) is 2.55. The van der Waals surface area contributed by atoms with Gasteiger partial charge in [-0.3, -0.25) is 0 Å². The van der Waals surface area contributed by atoms with E-state index in [-0.39, 0.29) is 6.54 Å². The van der Waals surface area contributed by atoms with Crippen molar-refractivity contribution < 1.29 is 4.39 Å². The number of hydrogen-bond acceptors (Lipinski definition) is 1. The molecule has 0 saturated heterocycles. The molecule has 2 N–H and O–H groups in total. The van der Waals surface area contributed by atoms with Crippen molar-refractivity contribution in [3.05, 3.63) is 27.8 Å². The fraction of sp³-hybridized carbons (Fsp3) is 0.222. The van der Waals surface area contributed by atoms with Gasteiger partial charge in [-0.2, -0.15) is 0 Å². The molecule has 0 fully saturated rings. The van der Waals surface area contributed by atoms with Gasteiger partial charge >= 0.3 is 0 Å². The Morgan fingerprint density at radius 3 is 2.79 bits per heavy atom. The maximum Gasteiger partial charge on any atom is 0.170 e. The van der Waals surface area contributed by atoms with E-state index in [1.54, 1.807) is 0 Å². The summed E-state index contributed by atoms with van der Waals surface area (Å²) < 4.78 is 12.9. The molecule has 0 aliphatic carbocycles. The van der Waals surface area contributed by atoms with Gasteiger partial charge < -0.3 is 10.6 Å². The van der Waals surface area contributed by atoms with Gasteiger partial charge in [0.1, 0.15) is 6.67 Å². The summed E-state index contributed by atoms with van der Waals surface area (Å²) in [5.41, 5.74) is 0.935.